The fourth-order valence-electron chi connectivity index (χ4n) is 1.63. The molecule has 0 aliphatic heterocycles. The Morgan fingerprint density at radius 1 is 1.14 bits per heavy atom. The van der Waals surface area contributed by atoms with Gasteiger partial charge in [0.1, 0.15) is 11.5 Å². The number of pyridine rings is 1. The first-order chi connectivity index (χ1) is 9.94. The van der Waals surface area contributed by atoms with Crippen molar-refractivity contribution in [2.24, 2.45) is 0 Å². The van der Waals surface area contributed by atoms with Gasteiger partial charge in [-0.25, -0.2) is 9.97 Å². The zero-order chi connectivity index (χ0) is 15.3. The molecular weight excluding hydrogens is 266 g/mol. The highest BCUT2D eigenvalue weighted by Gasteiger charge is 2.16. The fraction of sp³-hybridized carbons (Fsp3) is 0.333. The molecule has 0 aliphatic rings. The van der Waals surface area contributed by atoms with E-state index in [4.69, 9.17) is 0 Å². The molecule has 2 aromatic rings. The zero-order valence-corrected chi connectivity index (χ0v) is 12.4. The first-order valence-electron chi connectivity index (χ1n) is 6.71. The van der Waals surface area contributed by atoms with E-state index >= 15 is 0 Å². The van der Waals surface area contributed by atoms with Gasteiger partial charge in [-0.3, -0.25) is 9.78 Å². The van der Waals surface area contributed by atoms with Crippen molar-refractivity contribution in [2.75, 3.05) is 5.32 Å². The number of hydrogen-bond acceptors (Lipinski definition) is 5. The summed E-state index contributed by atoms with van der Waals surface area (Å²) < 4.78 is 0. The predicted molar refractivity (Wildman–Crippen MR) is 80.8 cm³/mol. The van der Waals surface area contributed by atoms with Crippen LogP contribution in [0.1, 0.15) is 36.8 Å². The molecule has 0 atom stereocenters. The van der Waals surface area contributed by atoms with Gasteiger partial charge >= 0.3 is 0 Å². The van der Waals surface area contributed by atoms with Gasteiger partial charge in [-0.05, 0) is 38.5 Å². The molecule has 0 saturated carbocycles. The Morgan fingerprint density at radius 2 is 1.86 bits per heavy atom. The Labute approximate surface area is 124 Å². The summed E-state index contributed by atoms with van der Waals surface area (Å²) in [6.45, 7) is 6.39. The van der Waals surface area contributed by atoms with Gasteiger partial charge in [0.15, 0.2) is 0 Å². The number of rotatable bonds is 4. The number of hydrogen-bond donors (Lipinski definition) is 2. The highest BCUT2D eigenvalue weighted by Crippen LogP contribution is 2.06. The maximum absolute atomic E-state index is 11.9. The number of anilines is 1. The van der Waals surface area contributed by atoms with Crippen LogP contribution in [0.25, 0.3) is 0 Å². The molecule has 0 unspecified atom stereocenters. The van der Waals surface area contributed by atoms with E-state index in [0.29, 0.717) is 18.1 Å². The molecule has 0 bridgehead atoms. The fourth-order valence-corrected chi connectivity index (χ4v) is 1.63. The lowest BCUT2D eigenvalue weighted by atomic mass is 10.1. The van der Waals surface area contributed by atoms with Gasteiger partial charge in [-0.1, -0.05) is 0 Å². The first kappa shape index (κ1) is 14.9. The monoisotopic (exact) mass is 285 g/mol. The minimum atomic E-state index is -0.295. The van der Waals surface area contributed by atoms with Gasteiger partial charge in [0.2, 0.25) is 0 Å². The third kappa shape index (κ3) is 4.83. The Hall–Kier alpha value is -2.50. The molecule has 6 heteroatoms. The van der Waals surface area contributed by atoms with Gasteiger partial charge in [-0.2, -0.15) is 0 Å². The number of amides is 1. The molecule has 0 aliphatic carbocycles. The molecule has 0 saturated heterocycles. The van der Waals surface area contributed by atoms with Gasteiger partial charge in [0.25, 0.3) is 5.91 Å². The van der Waals surface area contributed by atoms with Crippen molar-refractivity contribution < 1.29 is 4.79 Å². The lowest BCUT2D eigenvalue weighted by Crippen LogP contribution is -2.40. The van der Waals surface area contributed by atoms with Crippen LogP contribution in [0.4, 0.5) is 5.82 Å². The maximum Gasteiger partial charge on any atom is 0.271 e. The van der Waals surface area contributed by atoms with Crippen LogP contribution in [0.2, 0.25) is 0 Å². The van der Waals surface area contributed by atoms with Crippen LogP contribution in [-0.2, 0) is 6.54 Å². The third-order valence-electron chi connectivity index (χ3n) is 2.60. The normalized spacial score (nSPS) is 11.0. The molecule has 2 N–H and O–H groups in total. The zero-order valence-electron chi connectivity index (χ0n) is 12.4. The quantitative estimate of drug-likeness (QED) is 0.898. The van der Waals surface area contributed by atoms with Crippen molar-refractivity contribution in [2.45, 2.75) is 32.9 Å². The molecule has 2 aromatic heterocycles. The van der Waals surface area contributed by atoms with Crippen LogP contribution >= 0.6 is 0 Å². The first-order valence-corrected chi connectivity index (χ1v) is 6.71. The summed E-state index contributed by atoms with van der Waals surface area (Å²) >= 11 is 0. The number of carbonyl (C=O) groups excluding carboxylic acids is 1. The summed E-state index contributed by atoms with van der Waals surface area (Å²) in [5.41, 5.74) is 1.11. The average Bonchev–Trinajstić information content (AvgIpc) is 2.45. The highest BCUT2D eigenvalue weighted by molar-refractivity contribution is 5.92. The number of nitrogens with zero attached hydrogens (tertiary/aromatic N) is 3. The van der Waals surface area contributed by atoms with Crippen molar-refractivity contribution >= 4 is 11.7 Å². The third-order valence-corrected chi connectivity index (χ3v) is 2.60. The van der Waals surface area contributed by atoms with E-state index in [1.54, 1.807) is 18.6 Å². The van der Waals surface area contributed by atoms with E-state index in [0.717, 1.165) is 5.56 Å². The highest BCUT2D eigenvalue weighted by atomic mass is 16.2. The Morgan fingerprint density at radius 3 is 2.43 bits per heavy atom. The molecule has 0 fully saturated rings. The molecule has 0 aromatic carbocycles. The summed E-state index contributed by atoms with van der Waals surface area (Å²) in [5.74, 6) is 0.398. The molecule has 1 amide bonds. The predicted octanol–water partition coefficient (Wildman–Crippen LogP) is 2.01. The van der Waals surface area contributed by atoms with Crippen LogP contribution in [0.5, 0.6) is 0 Å². The molecule has 110 valence electrons. The SMILES string of the molecule is CC(C)(C)NC(=O)c1cnc(NCc2ccncc2)cn1. The lowest BCUT2D eigenvalue weighted by molar-refractivity contribution is 0.0914. The van der Waals surface area contributed by atoms with E-state index < -0.39 is 0 Å². The summed E-state index contributed by atoms with van der Waals surface area (Å²) in [6.07, 6.45) is 6.50. The van der Waals surface area contributed by atoms with Crippen molar-refractivity contribution in [3.05, 3.63) is 48.2 Å². The summed E-state index contributed by atoms with van der Waals surface area (Å²) in [6, 6.07) is 3.84. The van der Waals surface area contributed by atoms with E-state index in [-0.39, 0.29) is 11.4 Å². The molecule has 2 rings (SSSR count). The molecular formula is C15H19N5O. The second kappa shape index (κ2) is 6.30. The van der Waals surface area contributed by atoms with Crippen molar-refractivity contribution in [1.29, 1.82) is 0 Å². The van der Waals surface area contributed by atoms with Gasteiger partial charge in [0, 0.05) is 24.5 Å². The van der Waals surface area contributed by atoms with Crippen LogP contribution in [0, 0.1) is 0 Å². The van der Waals surface area contributed by atoms with Gasteiger partial charge in [-0.15, -0.1) is 0 Å². The van der Waals surface area contributed by atoms with Gasteiger partial charge < -0.3 is 10.6 Å². The van der Waals surface area contributed by atoms with Crippen LogP contribution in [0.3, 0.4) is 0 Å². The summed E-state index contributed by atoms with van der Waals surface area (Å²) in [7, 11) is 0. The van der Waals surface area contributed by atoms with E-state index in [2.05, 4.69) is 25.6 Å². The van der Waals surface area contributed by atoms with Crippen LogP contribution in [0.15, 0.2) is 36.9 Å². The minimum Gasteiger partial charge on any atom is -0.365 e. The topological polar surface area (TPSA) is 79.8 Å². The second-order valence-electron chi connectivity index (χ2n) is 5.70. The number of carbonyl (C=O) groups is 1. The lowest BCUT2D eigenvalue weighted by Gasteiger charge is -2.19. The van der Waals surface area contributed by atoms with E-state index in [1.165, 1.54) is 6.20 Å². The molecule has 2 heterocycles. The van der Waals surface area contributed by atoms with Crippen molar-refractivity contribution in [1.82, 2.24) is 20.3 Å². The minimum absolute atomic E-state index is 0.226. The Kier molecular flexibility index (Phi) is 4.47. The Bertz CT molecular complexity index is 590. The Balaban J connectivity index is 1.94. The molecule has 0 spiro atoms. The molecule has 0 radical (unpaired) electrons. The van der Waals surface area contributed by atoms with Gasteiger partial charge in [0.05, 0.1) is 12.4 Å². The van der Waals surface area contributed by atoms with E-state index in [9.17, 15) is 4.79 Å². The standard InChI is InChI=1S/C15H19N5O/c1-15(2,3)20-14(21)12-9-19-13(10-17-12)18-8-11-4-6-16-7-5-11/h4-7,9-10H,8H2,1-3H3,(H,18,19)(H,20,21). The maximum atomic E-state index is 11.9. The van der Waals surface area contributed by atoms with Crippen LogP contribution in [-0.4, -0.2) is 26.4 Å². The molecule has 6 nitrogen and oxygen atoms in total. The van der Waals surface area contributed by atoms with E-state index in [1.807, 2.05) is 32.9 Å². The second-order valence-corrected chi connectivity index (χ2v) is 5.70. The van der Waals surface area contributed by atoms with Crippen LogP contribution < -0.4 is 10.6 Å². The number of aromatic nitrogens is 3. The van der Waals surface area contributed by atoms with Crippen molar-refractivity contribution in [3.63, 3.8) is 0 Å². The molecule has 21 heavy (non-hydrogen) atoms. The average molecular weight is 285 g/mol. The van der Waals surface area contributed by atoms with Crippen molar-refractivity contribution in [3.8, 4) is 0 Å². The smallest absolute Gasteiger partial charge is 0.271 e. The summed E-state index contributed by atoms with van der Waals surface area (Å²) in [5, 5.41) is 5.99. The largest absolute Gasteiger partial charge is 0.365 e. The number of nitrogens with one attached hydrogen (secondary N) is 2. The summed E-state index contributed by atoms with van der Waals surface area (Å²) in [4.78, 5) is 24.2.